The molecule has 1 rings (SSSR count). The van der Waals surface area contributed by atoms with Crippen LogP contribution in [0.15, 0.2) is 18.2 Å². The third-order valence-electron chi connectivity index (χ3n) is 3.29. The Bertz CT molecular complexity index is 462. The summed E-state index contributed by atoms with van der Waals surface area (Å²) in [6.07, 6.45) is 0.218. The summed E-state index contributed by atoms with van der Waals surface area (Å²) in [4.78, 5) is 12.2. The van der Waals surface area contributed by atoms with Gasteiger partial charge in [0.25, 0.3) is 0 Å². The first-order chi connectivity index (χ1) is 10.1. The molecule has 0 aromatic heterocycles. The predicted molar refractivity (Wildman–Crippen MR) is 81.8 cm³/mol. The van der Waals surface area contributed by atoms with E-state index in [4.69, 9.17) is 14.2 Å². The third-order valence-corrected chi connectivity index (χ3v) is 3.29. The van der Waals surface area contributed by atoms with Gasteiger partial charge in [0.2, 0.25) is 5.91 Å². The molecule has 0 heterocycles. The quantitative estimate of drug-likeness (QED) is 0.801. The van der Waals surface area contributed by atoms with Crippen molar-refractivity contribution in [1.29, 1.82) is 0 Å². The average Bonchev–Trinajstić information content (AvgIpc) is 2.51. The molecule has 0 aliphatic heterocycles. The molecule has 0 saturated carbocycles. The van der Waals surface area contributed by atoms with Crippen LogP contribution in [0.25, 0.3) is 0 Å². The largest absolute Gasteiger partial charge is 0.497 e. The van der Waals surface area contributed by atoms with Crippen molar-refractivity contribution >= 4 is 5.91 Å². The summed E-state index contributed by atoms with van der Waals surface area (Å²) >= 11 is 0. The molecule has 1 aromatic rings. The van der Waals surface area contributed by atoms with Gasteiger partial charge in [-0.25, -0.2) is 0 Å². The number of ether oxygens (including phenoxy) is 3. The third kappa shape index (κ3) is 4.63. The molecule has 0 spiro atoms. The van der Waals surface area contributed by atoms with Crippen molar-refractivity contribution in [2.24, 2.45) is 0 Å². The van der Waals surface area contributed by atoms with Crippen molar-refractivity contribution < 1.29 is 19.0 Å². The maximum absolute atomic E-state index is 12.2. The molecule has 1 N–H and O–H groups in total. The lowest BCUT2D eigenvalue weighted by Gasteiger charge is -2.21. The highest BCUT2D eigenvalue weighted by molar-refractivity contribution is 5.81. The number of hydrogen-bond acceptors (Lipinski definition) is 4. The van der Waals surface area contributed by atoms with E-state index in [1.54, 1.807) is 14.2 Å². The van der Waals surface area contributed by atoms with Gasteiger partial charge in [-0.15, -0.1) is 0 Å². The van der Waals surface area contributed by atoms with Gasteiger partial charge >= 0.3 is 0 Å². The highest BCUT2D eigenvalue weighted by Crippen LogP contribution is 2.29. The lowest BCUT2D eigenvalue weighted by Crippen LogP contribution is -2.37. The van der Waals surface area contributed by atoms with Crippen LogP contribution in [-0.2, 0) is 9.53 Å². The average molecular weight is 295 g/mol. The summed E-state index contributed by atoms with van der Waals surface area (Å²) in [5.74, 6) is 1.33. The highest BCUT2D eigenvalue weighted by atomic mass is 16.5. The topological polar surface area (TPSA) is 56.8 Å². The van der Waals surface area contributed by atoms with Crippen molar-refractivity contribution in [3.8, 4) is 11.5 Å². The van der Waals surface area contributed by atoms with Crippen molar-refractivity contribution in [1.82, 2.24) is 5.32 Å². The predicted octanol–water partition coefficient (Wildman–Crippen LogP) is 2.70. The van der Waals surface area contributed by atoms with E-state index in [9.17, 15) is 4.79 Å². The van der Waals surface area contributed by atoms with E-state index in [0.717, 1.165) is 11.3 Å². The van der Waals surface area contributed by atoms with Crippen molar-refractivity contribution in [3.63, 3.8) is 0 Å². The van der Waals surface area contributed by atoms with E-state index in [1.165, 1.54) is 0 Å². The minimum atomic E-state index is -0.422. The summed E-state index contributed by atoms with van der Waals surface area (Å²) in [7, 11) is 3.21. The minimum absolute atomic E-state index is 0.114. The fraction of sp³-hybridized carbons (Fsp3) is 0.562. The van der Waals surface area contributed by atoms with E-state index in [1.807, 2.05) is 39.0 Å². The van der Waals surface area contributed by atoms with E-state index < -0.39 is 6.10 Å². The summed E-state index contributed by atoms with van der Waals surface area (Å²) in [6.45, 7) is 6.23. The Morgan fingerprint density at radius 1 is 1.24 bits per heavy atom. The molecule has 2 atom stereocenters. The van der Waals surface area contributed by atoms with Gasteiger partial charge in [-0.2, -0.15) is 0 Å². The van der Waals surface area contributed by atoms with Gasteiger partial charge in [0.15, 0.2) is 0 Å². The first-order valence-electron chi connectivity index (χ1n) is 7.21. The maximum Gasteiger partial charge on any atom is 0.249 e. The Hall–Kier alpha value is -1.75. The molecule has 0 bridgehead atoms. The second kappa shape index (κ2) is 8.52. The number of nitrogens with one attached hydrogen (secondary N) is 1. The lowest BCUT2D eigenvalue weighted by atomic mass is 10.1. The number of hydrogen-bond donors (Lipinski definition) is 1. The summed E-state index contributed by atoms with van der Waals surface area (Å²) < 4.78 is 16.0. The zero-order valence-electron chi connectivity index (χ0n) is 13.4. The van der Waals surface area contributed by atoms with E-state index in [0.29, 0.717) is 18.8 Å². The first-order valence-corrected chi connectivity index (χ1v) is 7.21. The second-order valence-corrected chi connectivity index (χ2v) is 4.69. The van der Waals surface area contributed by atoms with Gasteiger partial charge in [0.1, 0.15) is 17.6 Å². The first kappa shape index (κ1) is 17.3. The molecule has 5 heteroatoms. The Morgan fingerprint density at radius 3 is 2.48 bits per heavy atom. The molecule has 0 aliphatic rings. The number of carbonyl (C=O) groups excluding carboxylic acids is 1. The van der Waals surface area contributed by atoms with Crippen LogP contribution in [-0.4, -0.2) is 32.8 Å². The Morgan fingerprint density at radius 2 is 1.95 bits per heavy atom. The molecule has 0 fully saturated rings. The van der Waals surface area contributed by atoms with E-state index >= 15 is 0 Å². The van der Waals surface area contributed by atoms with Crippen molar-refractivity contribution in [3.05, 3.63) is 23.8 Å². The van der Waals surface area contributed by atoms with Crippen LogP contribution in [0.5, 0.6) is 11.5 Å². The Balaban J connectivity index is 2.87. The molecule has 0 radical (unpaired) electrons. The number of amides is 1. The molecule has 2 unspecified atom stereocenters. The number of methoxy groups -OCH3 is 2. The van der Waals surface area contributed by atoms with E-state index in [-0.39, 0.29) is 11.9 Å². The Labute approximate surface area is 126 Å². The fourth-order valence-electron chi connectivity index (χ4n) is 2.14. The molecular formula is C16H25NO4. The Kier molecular flexibility index (Phi) is 7.02. The normalized spacial score (nSPS) is 13.4. The van der Waals surface area contributed by atoms with Gasteiger partial charge in [-0.3, -0.25) is 4.79 Å². The maximum atomic E-state index is 12.2. The fourth-order valence-corrected chi connectivity index (χ4v) is 2.14. The molecule has 0 saturated heterocycles. The van der Waals surface area contributed by atoms with Crippen LogP contribution in [0, 0.1) is 0 Å². The standard InChI is InChI=1S/C16H25NO4/c1-6-14(21-7-2)16(18)17-11(3)13-10-12(19-4)8-9-15(13)20-5/h8-11,14H,6-7H2,1-5H3,(H,17,18). The molecule has 5 nitrogen and oxygen atoms in total. The van der Waals surface area contributed by atoms with Crippen LogP contribution in [0.3, 0.4) is 0 Å². The van der Waals surface area contributed by atoms with Crippen LogP contribution in [0.4, 0.5) is 0 Å². The van der Waals surface area contributed by atoms with E-state index in [2.05, 4.69) is 5.32 Å². The van der Waals surface area contributed by atoms with Gasteiger partial charge in [-0.1, -0.05) is 6.92 Å². The van der Waals surface area contributed by atoms with Crippen LogP contribution in [0.1, 0.15) is 38.8 Å². The second-order valence-electron chi connectivity index (χ2n) is 4.69. The van der Waals surface area contributed by atoms with Crippen molar-refractivity contribution in [2.45, 2.75) is 39.3 Å². The summed E-state index contributed by atoms with van der Waals surface area (Å²) in [5.41, 5.74) is 0.872. The van der Waals surface area contributed by atoms with Gasteiger partial charge in [0, 0.05) is 12.2 Å². The summed E-state index contributed by atoms with van der Waals surface area (Å²) in [6, 6.07) is 5.32. The molecule has 1 aromatic carbocycles. The van der Waals surface area contributed by atoms with Crippen LogP contribution >= 0.6 is 0 Å². The lowest BCUT2D eigenvalue weighted by molar-refractivity contribution is -0.133. The van der Waals surface area contributed by atoms with Crippen LogP contribution in [0.2, 0.25) is 0 Å². The molecule has 21 heavy (non-hydrogen) atoms. The zero-order valence-corrected chi connectivity index (χ0v) is 13.4. The van der Waals surface area contributed by atoms with Gasteiger partial charge < -0.3 is 19.5 Å². The van der Waals surface area contributed by atoms with Crippen LogP contribution < -0.4 is 14.8 Å². The van der Waals surface area contributed by atoms with Gasteiger partial charge in [-0.05, 0) is 38.5 Å². The summed E-state index contributed by atoms with van der Waals surface area (Å²) in [5, 5.41) is 2.96. The SMILES string of the molecule is CCOC(CC)C(=O)NC(C)c1cc(OC)ccc1OC. The van der Waals surface area contributed by atoms with Crippen molar-refractivity contribution in [2.75, 3.05) is 20.8 Å². The smallest absolute Gasteiger partial charge is 0.249 e. The molecule has 1 amide bonds. The monoisotopic (exact) mass is 295 g/mol. The number of carbonyl (C=O) groups is 1. The van der Waals surface area contributed by atoms with Gasteiger partial charge in [0.05, 0.1) is 20.3 Å². The molecule has 0 aliphatic carbocycles. The minimum Gasteiger partial charge on any atom is -0.497 e. The zero-order chi connectivity index (χ0) is 15.8. The highest BCUT2D eigenvalue weighted by Gasteiger charge is 2.21. The molecular weight excluding hydrogens is 270 g/mol. The number of rotatable bonds is 8. The number of benzene rings is 1. The molecule has 118 valence electrons.